The Morgan fingerprint density at radius 3 is 2.29 bits per heavy atom. The van der Waals surface area contributed by atoms with Crippen LogP contribution in [0.2, 0.25) is 0 Å². The molecule has 0 spiro atoms. The molecule has 0 amide bonds. The zero-order valence-electron chi connectivity index (χ0n) is 12.0. The van der Waals surface area contributed by atoms with Crippen molar-refractivity contribution >= 4 is 21.9 Å². The molecule has 8 heteroatoms. The van der Waals surface area contributed by atoms with E-state index < -0.39 is 27.6 Å². The highest BCUT2D eigenvalue weighted by molar-refractivity contribution is 7.90. The molecule has 0 unspecified atom stereocenters. The van der Waals surface area contributed by atoms with Gasteiger partial charge in [-0.15, -0.1) is 0 Å². The Bertz CT molecular complexity index is 598. The lowest BCUT2D eigenvalue weighted by Crippen LogP contribution is -2.37. The minimum absolute atomic E-state index is 0.00490. The standard InChI is InChI=1S/C13H19FN2O4S/c1-3-7-16(8-4-2)21(19,20)15-10-5-6-11(13(17)18)12(14)9-10/h5-6,9,15H,3-4,7-8H2,1-2H3,(H,17,18). The fraction of sp³-hybridized carbons (Fsp3) is 0.462. The lowest BCUT2D eigenvalue weighted by Gasteiger charge is -2.21. The van der Waals surface area contributed by atoms with E-state index in [-0.39, 0.29) is 5.69 Å². The number of hydrogen-bond donors (Lipinski definition) is 2. The van der Waals surface area contributed by atoms with Crippen LogP contribution in [0.15, 0.2) is 18.2 Å². The van der Waals surface area contributed by atoms with E-state index in [2.05, 4.69) is 4.72 Å². The van der Waals surface area contributed by atoms with E-state index in [1.807, 2.05) is 13.8 Å². The molecule has 1 aromatic carbocycles. The molecule has 0 radical (unpaired) electrons. The van der Waals surface area contributed by atoms with Gasteiger partial charge < -0.3 is 5.11 Å². The molecule has 0 atom stereocenters. The summed E-state index contributed by atoms with van der Waals surface area (Å²) in [5.41, 5.74) is -0.508. The molecule has 0 fully saturated rings. The first-order valence-corrected chi connectivity index (χ1v) is 8.06. The molecule has 0 saturated carbocycles. The number of hydrogen-bond acceptors (Lipinski definition) is 3. The van der Waals surface area contributed by atoms with Crippen LogP contribution < -0.4 is 4.72 Å². The summed E-state index contributed by atoms with van der Waals surface area (Å²) in [5.74, 6) is -2.39. The monoisotopic (exact) mass is 318 g/mol. The molecule has 21 heavy (non-hydrogen) atoms. The number of anilines is 1. The largest absolute Gasteiger partial charge is 0.478 e. The molecule has 1 aromatic rings. The summed E-state index contributed by atoms with van der Waals surface area (Å²) in [4.78, 5) is 10.7. The summed E-state index contributed by atoms with van der Waals surface area (Å²) in [6, 6.07) is 3.11. The Labute approximate surface area is 123 Å². The normalized spacial score (nSPS) is 11.6. The molecule has 2 N–H and O–H groups in total. The SMILES string of the molecule is CCCN(CCC)S(=O)(=O)Nc1ccc(C(=O)O)c(F)c1. The zero-order chi connectivity index (χ0) is 16.0. The lowest BCUT2D eigenvalue weighted by atomic mass is 10.2. The number of carboxylic acids is 1. The van der Waals surface area contributed by atoms with E-state index in [4.69, 9.17) is 5.11 Å². The van der Waals surface area contributed by atoms with E-state index in [1.54, 1.807) is 0 Å². The van der Waals surface area contributed by atoms with Crippen molar-refractivity contribution in [3.63, 3.8) is 0 Å². The van der Waals surface area contributed by atoms with Gasteiger partial charge in [0, 0.05) is 13.1 Å². The quantitative estimate of drug-likeness (QED) is 0.770. The van der Waals surface area contributed by atoms with Gasteiger partial charge in [0.15, 0.2) is 0 Å². The Morgan fingerprint density at radius 2 is 1.86 bits per heavy atom. The number of rotatable bonds is 8. The number of halogens is 1. The van der Waals surface area contributed by atoms with Gasteiger partial charge in [-0.25, -0.2) is 9.18 Å². The van der Waals surface area contributed by atoms with Crippen molar-refractivity contribution in [2.45, 2.75) is 26.7 Å². The molecule has 6 nitrogen and oxygen atoms in total. The number of benzene rings is 1. The van der Waals surface area contributed by atoms with Crippen molar-refractivity contribution in [1.29, 1.82) is 0 Å². The highest BCUT2D eigenvalue weighted by atomic mass is 32.2. The molecule has 0 saturated heterocycles. The van der Waals surface area contributed by atoms with Crippen LogP contribution in [0.3, 0.4) is 0 Å². The molecule has 0 bridgehead atoms. The maximum Gasteiger partial charge on any atom is 0.338 e. The zero-order valence-corrected chi connectivity index (χ0v) is 12.8. The summed E-state index contributed by atoms with van der Waals surface area (Å²) < 4.78 is 41.5. The molecule has 0 aliphatic rings. The lowest BCUT2D eigenvalue weighted by molar-refractivity contribution is 0.0692. The van der Waals surface area contributed by atoms with Gasteiger partial charge in [0.2, 0.25) is 0 Å². The summed E-state index contributed by atoms with van der Waals surface area (Å²) in [5, 5.41) is 8.73. The van der Waals surface area contributed by atoms with Crippen LogP contribution >= 0.6 is 0 Å². The highest BCUT2D eigenvalue weighted by Gasteiger charge is 2.21. The minimum Gasteiger partial charge on any atom is -0.478 e. The first-order valence-electron chi connectivity index (χ1n) is 6.62. The van der Waals surface area contributed by atoms with Crippen LogP contribution in [0.4, 0.5) is 10.1 Å². The summed E-state index contributed by atoms with van der Waals surface area (Å²) in [6.07, 6.45) is 1.32. The van der Waals surface area contributed by atoms with Crippen molar-refractivity contribution in [1.82, 2.24) is 4.31 Å². The Hall–Kier alpha value is -1.67. The Morgan fingerprint density at radius 1 is 1.29 bits per heavy atom. The van der Waals surface area contributed by atoms with Crippen molar-refractivity contribution in [3.8, 4) is 0 Å². The highest BCUT2D eigenvalue weighted by Crippen LogP contribution is 2.17. The third-order valence-electron chi connectivity index (χ3n) is 2.73. The summed E-state index contributed by atoms with van der Waals surface area (Å²) in [7, 11) is -3.78. The second kappa shape index (κ2) is 7.37. The minimum atomic E-state index is -3.78. The van der Waals surface area contributed by atoms with E-state index in [9.17, 15) is 17.6 Å². The summed E-state index contributed by atoms with van der Waals surface area (Å²) in [6.45, 7) is 4.44. The van der Waals surface area contributed by atoms with Crippen LogP contribution in [-0.2, 0) is 10.2 Å². The van der Waals surface area contributed by atoms with Gasteiger partial charge in [0.1, 0.15) is 5.82 Å². The van der Waals surface area contributed by atoms with Crippen molar-refractivity contribution in [2.75, 3.05) is 17.8 Å². The molecule has 0 aliphatic carbocycles. The Balaban J connectivity index is 2.97. The second-order valence-corrected chi connectivity index (χ2v) is 6.18. The van der Waals surface area contributed by atoms with Gasteiger partial charge in [-0.3, -0.25) is 4.72 Å². The fourth-order valence-electron chi connectivity index (χ4n) is 1.82. The van der Waals surface area contributed by atoms with Crippen molar-refractivity contribution in [2.24, 2.45) is 0 Å². The molecule has 0 aliphatic heterocycles. The average molecular weight is 318 g/mol. The second-order valence-electron chi connectivity index (χ2n) is 4.51. The molecule has 118 valence electrons. The summed E-state index contributed by atoms with van der Waals surface area (Å²) >= 11 is 0. The first kappa shape index (κ1) is 17.4. The third-order valence-corrected chi connectivity index (χ3v) is 4.27. The van der Waals surface area contributed by atoms with E-state index in [0.717, 1.165) is 12.1 Å². The van der Waals surface area contributed by atoms with Gasteiger partial charge >= 0.3 is 16.2 Å². The average Bonchev–Trinajstić information content (AvgIpc) is 2.37. The van der Waals surface area contributed by atoms with Crippen LogP contribution in [-0.4, -0.2) is 36.9 Å². The van der Waals surface area contributed by atoms with Crippen LogP contribution in [0.5, 0.6) is 0 Å². The predicted molar refractivity (Wildman–Crippen MR) is 78.1 cm³/mol. The first-order chi connectivity index (χ1) is 9.81. The number of carbonyl (C=O) groups is 1. The number of carboxylic acid groups (broad SMARTS) is 1. The number of nitrogens with zero attached hydrogens (tertiary/aromatic N) is 1. The predicted octanol–water partition coefficient (Wildman–Crippen LogP) is 2.30. The molecule has 0 heterocycles. The number of nitrogens with one attached hydrogen (secondary N) is 1. The van der Waals surface area contributed by atoms with Gasteiger partial charge in [-0.1, -0.05) is 13.8 Å². The third kappa shape index (κ3) is 4.68. The van der Waals surface area contributed by atoms with Crippen LogP contribution in [0.25, 0.3) is 0 Å². The van der Waals surface area contributed by atoms with Gasteiger partial charge in [-0.2, -0.15) is 12.7 Å². The van der Waals surface area contributed by atoms with E-state index in [0.29, 0.717) is 25.9 Å². The maximum atomic E-state index is 13.5. The van der Waals surface area contributed by atoms with Gasteiger partial charge in [-0.05, 0) is 31.0 Å². The smallest absolute Gasteiger partial charge is 0.338 e. The maximum absolute atomic E-state index is 13.5. The molecule has 0 aromatic heterocycles. The number of aromatic carboxylic acids is 1. The van der Waals surface area contributed by atoms with Gasteiger partial charge in [0.25, 0.3) is 0 Å². The van der Waals surface area contributed by atoms with Crippen molar-refractivity contribution in [3.05, 3.63) is 29.6 Å². The van der Waals surface area contributed by atoms with Gasteiger partial charge in [0.05, 0.1) is 11.3 Å². The Kier molecular flexibility index (Phi) is 6.10. The van der Waals surface area contributed by atoms with E-state index in [1.165, 1.54) is 10.4 Å². The topological polar surface area (TPSA) is 86.7 Å². The van der Waals surface area contributed by atoms with Crippen LogP contribution in [0.1, 0.15) is 37.0 Å². The molecule has 1 rings (SSSR count). The van der Waals surface area contributed by atoms with E-state index >= 15 is 0 Å². The van der Waals surface area contributed by atoms with Crippen LogP contribution in [0, 0.1) is 5.82 Å². The molecular formula is C13H19FN2O4S. The fourth-order valence-corrected chi connectivity index (χ4v) is 3.22. The van der Waals surface area contributed by atoms with Crippen molar-refractivity contribution < 1.29 is 22.7 Å². The molecular weight excluding hydrogens is 299 g/mol.